The number of aromatic carboxylic acids is 1. The van der Waals surface area contributed by atoms with E-state index >= 15 is 0 Å². The monoisotopic (exact) mass is 447 g/mol. The second-order valence-corrected chi connectivity index (χ2v) is 10.8. The van der Waals surface area contributed by atoms with Gasteiger partial charge in [-0.05, 0) is 52.5 Å². The summed E-state index contributed by atoms with van der Waals surface area (Å²) in [6, 6.07) is 1.53. The van der Waals surface area contributed by atoms with Crippen molar-refractivity contribution in [2.45, 2.75) is 77.9 Å². The van der Waals surface area contributed by atoms with Crippen LogP contribution < -0.4 is 4.90 Å². The van der Waals surface area contributed by atoms with Gasteiger partial charge >= 0.3 is 5.97 Å². The highest BCUT2D eigenvalue weighted by atomic mass is 32.1. The van der Waals surface area contributed by atoms with Crippen molar-refractivity contribution in [3.05, 3.63) is 15.8 Å². The van der Waals surface area contributed by atoms with Gasteiger partial charge in [0.15, 0.2) is 0 Å². The molecular formula is C24H33NO5S. The lowest BCUT2D eigenvalue weighted by Gasteiger charge is -2.47. The van der Waals surface area contributed by atoms with E-state index in [2.05, 4.69) is 11.8 Å². The maximum atomic E-state index is 13.7. The number of hydrogen-bond donors (Lipinski definition) is 2. The molecule has 1 amide bonds. The Bertz CT molecular complexity index is 884. The molecule has 7 heteroatoms. The van der Waals surface area contributed by atoms with E-state index in [0.29, 0.717) is 17.2 Å². The van der Waals surface area contributed by atoms with Crippen LogP contribution in [0.3, 0.4) is 0 Å². The van der Waals surface area contributed by atoms with Crippen molar-refractivity contribution in [2.75, 3.05) is 18.1 Å². The van der Waals surface area contributed by atoms with Gasteiger partial charge in [-0.1, -0.05) is 31.1 Å². The standard InChI is InChI=1S/C24H33NO5S/c1-23(2,3)11-10-17-14-18(20(31-17)21(27)28)25-19(16-8-6-5-7-9-16)15-30-24(4,12-13-26)22(25)29/h14,16,19,26H,5-9,12-13,15H2,1-4H3,(H,27,28)/t19-,24-/m0/s1. The molecule has 1 saturated carbocycles. The summed E-state index contributed by atoms with van der Waals surface area (Å²) in [5.74, 6) is 5.17. The van der Waals surface area contributed by atoms with Gasteiger partial charge in [0.25, 0.3) is 5.91 Å². The molecule has 0 spiro atoms. The Hall–Kier alpha value is -1.88. The fourth-order valence-corrected chi connectivity index (χ4v) is 5.22. The van der Waals surface area contributed by atoms with Crippen molar-refractivity contribution in [1.29, 1.82) is 0 Å². The number of thiophene rings is 1. The molecule has 1 aliphatic heterocycles. The molecule has 0 bridgehead atoms. The van der Waals surface area contributed by atoms with E-state index in [1.165, 1.54) is 6.42 Å². The Labute approximate surface area is 188 Å². The topological polar surface area (TPSA) is 87.1 Å². The van der Waals surface area contributed by atoms with Crippen LogP contribution in [0.4, 0.5) is 5.69 Å². The van der Waals surface area contributed by atoms with E-state index in [9.17, 15) is 19.8 Å². The van der Waals surface area contributed by atoms with Gasteiger partial charge in [0.1, 0.15) is 10.5 Å². The number of rotatable bonds is 5. The lowest BCUT2D eigenvalue weighted by Crippen LogP contribution is -2.62. The quantitative estimate of drug-likeness (QED) is 0.657. The SMILES string of the molecule is CC(C)(C)C#Cc1cc(N2C(=O)[C@](C)(CCO)OC[C@H]2C2CCCCC2)c(C(=O)O)s1. The summed E-state index contributed by atoms with van der Waals surface area (Å²) in [5.41, 5.74) is -0.981. The number of carbonyl (C=O) groups is 2. The van der Waals surface area contributed by atoms with Gasteiger partial charge in [0, 0.05) is 18.4 Å². The van der Waals surface area contributed by atoms with Crippen LogP contribution in [-0.4, -0.2) is 46.9 Å². The number of morpholine rings is 1. The third-order valence-corrected chi connectivity index (χ3v) is 7.11. The van der Waals surface area contributed by atoms with Crippen molar-refractivity contribution < 1.29 is 24.5 Å². The molecule has 31 heavy (non-hydrogen) atoms. The normalized spacial score (nSPS) is 25.3. The highest BCUT2D eigenvalue weighted by Crippen LogP contribution is 2.41. The second-order valence-electron chi connectivity index (χ2n) is 9.79. The van der Waals surface area contributed by atoms with Crippen molar-refractivity contribution >= 4 is 28.9 Å². The number of carbonyl (C=O) groups excluding carboxylic acids is 1. The number of hydrogen-bond acceptors (Lipinski definition) is 5. The smallest absolute Gasteiger partial charge is 0.348 e. The van der Waals surface area contributed by atoms with E-state index in [0.717, 1.165) is 37.0 Å². The lowest BCUT2D eigenvalue weighted by atomic mass is 9.81. The maximum absolute atomic E-state index is 13.7. The number of carboxylic acids is 1. The molecule has 1 aromatic heterocycles. The van der Waals surface area contributed by atoms with E-state index in [-0.39, 0.29) is 41.2 Å². The van der Waals surface area contributed by atoms with Crippen LogP contribution in [0.1, 0.15) is 80.8 Å². The van der Waals surface area contributed by atoms with E-state index in [1.807, 2.05) is 20.8 Å². The summed E-state index contributed by atoms with van der Waals surface area (Å²) >= 11 is 1.11. The molecule has 6 nitrogen and oxygen atoms in total. The van der Waals surface area contributed by atoms with Crippen LogP contribution in [0.25, 0.3) is 0 Å². The molecule has 0 radical (unpaired) electrons. The minimum Gasteiger partial charge on any atom is -0.477 e. The molecule has 0 aromatic carbocycles. The van der Waals surface area contributed by atoms with Gasteiger partial charge < -0.3 is 19.8 Å². The number of amides is 1. The van der Waals surface area contributed by atoms with Gasteiger partial charge in [0.2, 0.25) is 0 Å². The molecule has 2 aliphatic rings. The fraction of sp³-hybridized carbons (Fsp3) is 0.667. The van der Waals surface area contributed by atoms with Gasteiger partial charge in [-0.3, -0.25) is 4.79 Å². The van der Waals surface area contributed by atoms with E-state index in [1.54, 1.807) is 17.9 Å². The first-order valence-corrected chi connectivity index (χ1v) is 11.9. The zero-order chi connectivity index (χ0) is 22.8. The first-order chi connectivity index (χ1) is 14.6. The number of ether oxygens (including phenoxy) is 1. The molecule has 170 valence electrons. The van der Waals surface area contributed by atoms with Crippen LogP contribution in [0.15, 0.2) is 6.07 Å². The zero-order valence-corrected chi connectivity index (χ0v) is 19.7. The van der Waals surface area contributed by atoms with Crippen LogP contribution >= 0.6 is 11.3 Å². The van der Waals surface area contributed by atoms with Gasteiger partial charge in [-0.25, -0.2) is 4.79 Å². The summed E-state index contributed by atoms with van der Waals surface area (Å²) in [4.78, 5) is 28.2. The number of aliphatic hydroxyl groups is 1. The number of anilines is 1. The third-order valence-electron chi connectivity index (χ3n) is 6.09. The van der Waals surface area contributed by atoms with Crippen molar-refractivity contribution in [3.63, 3.8) is 0 Å². The molecule has 2 N–H and O–H groups in total. The number of nitrogens with zero attached hydrogens (tertiary/aromatic N) is 1. The van der Waals surface area contributed by atoms with Crippen LogP contribution in [0.2, 0.25) is 0 Å². The average molecular weight is 448 g/mol. The van der Waals surface area contributed by atoms with Gasteiger partial charge in [-0.15, -0.1) is 11.3 Å². The fourth-order valence-electron chi connectivity index (χ4n) is 4.38. The molecule has 1 saturated heterocycles. The lowest BCUT2D eigenvalue weighted by molar-refractivity contribution is -0.155. The van der Waals surface area contributed by atoms with E-state index < -0.39 is 11.6 Å². The van der Waals surface area contributed by atoms with Crippen molar-refractivity contribution in [2.24, 2.45) is 11.3 Å². The third kappa shape index (κ3) is 5.31. The Morgan fingerprint density at radius 1 is 1.32 bits per heavy atom. The predicted molar refractivity (Wildman–Crippen MR) is 122 cm³/mol. The van der Waals surface area contributed by atoms with E-state index in [4.69, 9.17) is 4.74 Å². The number of aliphatic hydroxyl groups excluding tert-OH is 1. The second kappa shape index (κ2) is 9.32. The summed E-state index contributed by atoms with van der Waals surface area (Å²) in [7, 11) is 0. The largest absolute Gasteiger partial charge is 0.477 e. The summed E-state index contributed by atoms with van der Waals surface area (Å²) in [6.07, 6.45) is 5.56. The van der Waals surface area contributed by atoms with Gasteiger partial charge in [0.05, 0.1) is 23.2 Å². The Kier molecular flexibility index (Phi) is 7.14. The molecule has 2 fully saturated rings. The first kappa shape index (κ1) is 23.8. The molecule has 2 heterocycles. The molecule has 0 unspecified atom stereocenters. The Morgan fingerprint density at radius 3 is 2.58 bits per heavy atom. The average Bonchev–Trinajstić information content (AvgIpc) is 3.13. The van der Waals surface area contributed by atoms with Crippen molar-refractivity contribution in [1.82, 2.24) is 0 Å². The minimum absolute atomic E-state index is 0.126. The first-order valence-electron chi connectivity index (χ1n) is 11.0. The maximum Gasteiger partial charge on any atom is 0.348 e. The van der Waals surface area contributed by atoms with Crippen LogP contribution in [-0.2, 0) is 9.53 Å². The summed E-state index contributed by atoms with van der Waals surface area (Å²) in [5, 5.41) is 19.4. The van der Waals surface area contributed by atoms with Crippen LogP contribution in [0, 0.1) is 23.2 Å². The molecule has 3 rings (SSSR count). The summed E-state index contributed by atoms with van der Waals surface area (Å²) < 4.78 is 6.01. The molecule has 1 aromatic rings. The Morgan fingerprint density at radius 2 is 2.00 bits per heavy atom. The molecule has 2 atom stereocenters. The summed E-state index contributed by atoms with van der Waals surface area (Å²) in [6.45, 7) is 7.84. The Balaban J connectivity index is 2.08. The zero-order valence-electron chi connectivity index (χ0n) is 18.9. The minimum atomic E-state index is -1.17. The van der Waals surface area contributed by atoms with Crippen LogP contribution in [0.5, 0.6) is 0 Å². The van der Waals surface area contributed by atoms with Gasteiger partial charge in [-0.2, -0.15) is 0 Å². The highest BCUT2D eigenvalue weighted by molar-refractivity contribution is 7.15. The highest BCUT2D eigenvalue weighted by Gasteiger charge is 2.48. The molecule has 1 aliphatic carbocycles. The number of carboxylic acid groups (broad SMARTS) is 1. The molecular weight excluding hydrogens is 414 g/mol. The predicted octanol–water partition coefficient (Wildman–Crippen LogP) is 4.30. The van der Waals surface area contributed by atoms with Crippen molar-refractivity contribution in [3.8, 4) is 11.8 Å².